The number of likely N-dealkylation sites (N-methyl/N-ethyl adjacent to an activating group) is 1. The number of benzene rings is 1. The van der Waals surface area contributed by atoms with E-state index >= 15 is 0 Å². The highest BCUT2D eigenvalue weighted by Crippen LogP contribution is 2.20. The van der Waals surface area contributed by atoms with E-state index in [2.05, 4.69) is 15.6 Å². The monoisotopic (exact) mass is 406 g/mol. The van der Waals surface area contributed by atoms with Crippen LogP contribution in [0.15, 0.2) is 24.3 Å². The lowest BCUT2D eigenvalue weighted by Crippen LogP contribution is -2.53. The molecule has 28 heavy (non-hydrogen) atoms. The van der Waals surface area contributed by atoms with Crippen LogP contribution in [-0.4, -0.2) is 59.1 Å². The summed E-state index contributed by atoms with van der Waals surface area (Å²) in [5.41, 5.74) is 0.395. The summed E-state index contributed by atoms with van der Waals surface area (Å²) in [7, 11) is 1.61. The average Bonchev–Trinajstić information content (AvgIpc) is 3.09. The molecule has 2 heterocycles. The van der Waals surface area contributed by atoms with Gasteiger partial charge in [-0.1, -0.05) is 11.6 Å². The summed E-state index contributed by atoms with van der Waals surface area (Å²) >= 11 is 5.98. The highest BCUT2D eigenvalue weighted by Gasteiger charge is 2.41. The molecular formula is C19H23ClN4O4. The number of ether oxygens (including phenoxy) is 1. The number of H-pyrrole nitrogens is 1. The van der Waals surface area contributed by atoms with Gasteiger partial charge in [-0.2, -0.15) is 0 Å². The third-order valence-electron chi connectivity index (χ3n) is 4.33. The molecule has 0 saturated carbocycles. The number of halogens is 1. The zero-order valence-corrected chi connectivity index (χ0v) is 16.9. The Morgan fingerprint density at radius 2 is 1.96 bits per heavy atom. The fraction of sp³-hybridized carbons (Fsp3) is 0.421. The minimum atomic E-state index is -0.889. The molecule has 3 rings (SSSR count). The number of amides is 3. The number of rotatable bonds is 3. The molecule has 150 valence electrons. The zero-order chi connectivity index (χ0) is 20.6. The van der Waals surface area contributed by atoms with Gasteiger partial charge in [0.2, 0.25) is 5.91 Å². The van der Waals surface area contributed by atoms with E-state index in [1.807, 2.05) is 0 Å². The number of fused-ring (bicyclic) bond motifs is 1. The summed E-state index contributed by atoms with van der Waals surface area (Å²) < 4.78 is 5.25. The molecule has 1 saturated heterocycles. The van der Waals surface area contributed by atoms with Crippen molar-refractivity contribution in [2.24, 2.45) is 0 Å². The van der Waals surface area contributed by atoms with Crippen LogP contribution in [0.1, 0.15) is 31.3 Å². The molecule has 0 bridgehead atoms. The third-order valence-corrected chi connectivity index (χ3v) is 4.57. The maximum absolute atomic E-state index is 12.7. The molecule has 8 nitrogen and oxygen atoms in total. The summed E-state index contributed by atoms with van der Waals surface area (Å²) in [6, 6.07) is 5.41. The van der Waals surface area contributed by atoms with E-state index in [0.29, 0.717) is 10.7 Å². The van der Waals surface area contributed by atoms with E-state index in [0.717, 1.165) is 10.9 Å². The Hall–Kier alpha value is -2.74. The molecule has 1 aliphatic rings. The van der Waals surface area contributed by atoms with Gasteiger partial charge in [-0.3, -0.25) is 9.59 Å². The molecule has 1 aromatic carbocycles. The maximum atomic E-state index is 12.7. The van der Waals surface area contributed by atoms with E-state index in [-0.39, 0.29) is 12.5 Å². The molecule has 2 unspecified atom stereocenters. The lowest BCUT2D eigenvalue weighted by molar-refractivity contribution is -0.128. The van der Waals surface area contributed by atoms with Crippen molar-refractivity contribution in [3.63, 3.8) is 0 Å². The van der Waals surface area contributed by atoms with Crippen LogP contribution in [0, 0.1) is 0 Å². The molecule has 0 radical (unpaired) electrons. The molecule has 1 aromatic heterocycles. The molecule has 9 heteroatoms. The lowest BCUT2D eigenvalue weighted by atomic mass is 10.1. The Kier molecular flexibility index (Phi) is 5.25. The first kappa shape index (κ1) is 20.0. The Bertz CT molecular complexity index is 934. The van der Waals surface area contributed by atoms with Gasteiger partial charge in [-0.15, -0.1) is 0 Å². The fourth-order valence-corrected chi connectivity index (χ4v) is 3.28. The zero-order valence-electron chi connectivity index (χ0n) is 16.1. The van der Waals surface area contributed by atoms with Crippen LogP contribution >= 0.6 is 11.6 Å². The molecule has 2 aromatic rings. The Labute approximate surface area is 167 Å². The van der Waals surface area contributed by atoms with Gasteiger partial charge in [0.05, 0.1) is 6.04 Å². The lowest BCUT2D eigenvalue weighted by Gasteiger charge is -2.23. The van der Waals surface area contributed by atoms with Crippen molar-refractivity contribution in [2.45, 2.75) is 38.5 Å². The van der Waals surface area contributed by atoms with E-state index < -0.39 is 29.7 Å². The largest absolute Gasteiger partial charge is 0.444 e. The van der Waals surface area contributed by atoms with Gasteiger partial charge in [0.1, 0.15) is 17.3 Å². The molecule has 2 atom stereocenters. The third kappa shape index (κ3) is 4.39. The second-order valence-electron chi connectivity index (χ2n) is 7.84. The summed E-state index contributed by atoms with van der Waals surface area (Å²) in [6.45, 7) is 5.52. The first-order valence-electron chi connectivity index (χ1n) is 8.87. The van der Waals surface area contributed by atoms with Crippen LogP contribution in [0.2, 0.25) is 5.02 Å². The average molecular weight is 407 g/mol. The fourth-order valence-electron chi connectivity index (χ4n) is 3.10. The van der Waals surface area contributed by atoms with Crippen LogP contribution in [0.4, 0.5) is 4.79 Å². The molecule has 3 N–H and O–H groups in total. The van der Waals surface area contributed by atoms with Crippen molar-refractivity contribution in [3.8, 4) is 0 Å². The molecule has 0 spiro atoms. The summed E-state index contributed by atoms with van der Waals surface area (Å²) in [5.74, 6) is -0.731. The second kappa shape index (κ2) is 7.35. The van der Waals surface area contributed by atoms with Gasteiger partial charge in [0, 0.05) is 29.5 Å². The Morgan fingerprint density at radius 3 is 2.64 bits per heavy atom. The number of carbonyl (C=O) groups excluding carboxylic acids is 3. The van der Waals surface area contributed by atoms with E-state index in [1.54, 1.807) is 52.1 Å². The number of alkyl carbamates (subject to hydrolysis) is 1. The van der Waals surface area contributed by atoms with Crippen molar-refractivity contribution < 1.29 is 19.1 Å². The number of carbonyl (C=O) groups is 3. The smallest absolute Gasteiger partial charge is 0.408 e. The van der Waals surface area contributed by atoms with Crippen molar-refractivity contribution in [2.75, 3.05) is 13.6 Å². The van der Waals surface area contributed by atoms with Gasteiger partial charge in [-0.05, 0) is 45.0 Å². The number of aromatic nitrogens is 1. The Morgan fingerprint density at radius 1 is 1.25 bits per heavy atom. The minimum absolute atomic E-state index is 0.269. The SMILES string of the molecule is CN1CC(NC(=O)OC(C)(C)C)C(NC(=O)c2cc3cc(Cl)ccc3[nH]2)C1=O. The molecular weight excluding hydrogens is 384 g/mol. The van der Waals surface area contributed by atoms with Crippen molar-refractivity contribution in [1.82, 2.24) is 20.5 Å². The number of nitrogens with zero attached hydrogens (tertiary/aromatic N) is 1. The Balaban J connectivity index is 1.74. The van der Waals surface area contributed by atoms with Crippen molar-refractivity contribution in [1.29, 1.82) is 0 Å². The number of aromatic amines is 1. The summed E-state index contributed by atoms with van der Waals surface area (Å²) in [5, 5.41) is 6.73. The molecule has 1 aliphatic heterocycles. The van der Waals surface area contributed by atoms with E-state index in [4.69, 9.17) is 16.3 Å². The minimum Gasteiger partial charge on any atom is -0.444 e. The van der Waals surface area contributed by atoms with E-state index in [9.17, 15) is 14.4 Å². The highest BCUT2D eigenvalue weighted by molar-refractivity contribution is 6.31. The maximum Gasteiger partial charge on any atom is 0.408 e. The van der Waals surface area contributed by atoms with Crippen molar-refractivity contribution in [3.05, 3.63) is 35.0 Å². The van der Waals surface area contributed by atoms with Gasteiger partial charge in [-0.25, -0.2) is 4.79 Å². The number of hydrogen-bond donors (Lipinski definition) is 3. The van der Waals surface area contributed by atoms with Crippen LogP contribution in [-0.2, 0) is 9.53 Å². The van der Waals surface area contributed by atoms with Gasteiger partial charge in [0.15, 0.2) is 0 Å². The van der Waals surface area contributed by atoms with Crippen LogP contribution in [0.25, 0.3) is 10.9 Å². The number of hydrogen-bond acceptors (Lipinski definition) is 4. The number of nitrogens with one attached hydrogen (secondary N) is 3. The first-order valence-corrected chi connectivity index (χ1v) is 9.25. The molecule has 1 fully saturated rings. The predicted molar refractivity (Wildman–Crippen MR) is 105 cm³/mol. The van der Waals surface area contributed by atoms with E-state index in [1.165, 1.54) is 4.90 Å². The van der Waals surface area contributed by atoms with Crippen LogP contribution in [0.5, 0.6) is 0 Å². The second-order valence-corrected chi connectivity index (χ2v) is 8.27. The quantitative estimate of drug-likeness (QED) is 0.727. The summed E-state index contributed by atoms with van der Waals surface area (Å²) in [6.07, 6.45) is -0.639. The number of likely N-dealkylation sites (tertiary alicyclic amines) is 1. The summed E-state index contributed by atoms with van der Waals surface area (Å²) in [4.78, 5) is 41.7. The van der Waals surface area contributed by atoms with Gasteiger partial charge in [0.25, 0.3) is 5.91 Å². The molecule has 0 aliphatic carbocycles. The standard InChI is InChI=1S/C19H23ClN4O4/c1-19(2,3)28-18(27)22-14-9-24(4)17(26)15(14)23-16(25)13-8-10-7-11(20)5-6-12(10)21-13/h5-8,14-15,21H,9H2,1-4H3,(H,22,27)(H,23,25). The highest BCUT2D eigenvalue weighted by atomic mass is 35.5. The van der Waals surface area contributed by atoms with Gasteiger partial charge >= 0.3 is 6.09 Å². The topological polar surface area (TPSA) is 104 Å². The van der Waals surface area contributed by atoms with Crippen molar-refractivity contribution >= 4 is 40.4 Å². The molecule has 3 amide bonds. The predicted octanol–water partition coefficient (Wildman–Crippen LogP) is 2.29. The van der Waals surface area contributed by atoms with Crippen LogP contribution < -0.4 is 10.6 Å². The van der Waals surface area contributed by atoms with Gasteiger partial charge < -0.3 is 25.3 Å². The van der Waals surface area contributed by atoms with Crippen LogP contribution in [0.3, 0.4) is 0 Å². The normalized spacial score (nSPS) is 19.8. The first-order chi connectivity index (χ1) is 13.0.